The lowest BCUT2D eigenvalue weighted by molar-refractivity contribution is -0.140. The Labute approximate surface area is 199 Å². The summed E-state index contributed by atoms with van der Waals surface area (Å²) in [5.41, 5.74) is -0.0963. The van der Waals surface area contributed by atoms with E-state index >= 15 is 0 Å². The van der Waals surface area contributed by atoms with E-state index in [0.29, 0.717) is 34.5 Å². The summed E-state index contributed by atoms with van der Waals surface area (Å²) in [6, 6.07) is 6.95. The number of ether oxygens (including phenoxy) is 1. The maximum absolute atomic E-state index is 13.0. The molecule has 2 atom stereocenters. The molecule has 2 aromatic heterocycles. The van der Waals surface area contributed by atoms with Crippen LogP contribution in [0.25, 0.3) is 22.4 Å². The molecule has 1 fully saturated rings. The normalized spacial score (nSPS) is 18.6. The van der Waals surface area contributed by atoms with Gasteiger partial charge in [-0.25, -0.2) is 14.8 Å². The van der Waals surface area contributed by atoms with E-state index in [9.17, 15) is 14.4 Å². The van der Waals surface area contributed by atoms with Crippen molar-refractivity contribution in [1.29, 1.82) is 0 Å². The third-order valence-electron chi connectivity index (χ3n) is 5.47. The molecule has 1 amide bonds. The first-order valence-electron chi connectivity index (χ1n) is 10.5. The van der Waals surface area contributed by atoms with Gasteiger partial charge in [0, 0.05) is 37.8 Å². The Kier molecular flexibility index (Phi) is 6.60. The summed E-state index contributed by atoms with van der Waals surface area (Å²) >= 11 is 7.17. The zero-order valence-corrected chi connectivity index (χ0v) is 20.3. The number of rotatable bonds is 4. The van der Waals surface area contributed by atoms with Crippen LogP contribution in [0, 0.1) is 0 Å². The van der Waals surface area contributed by atoms with Crippen LogP contribution in [0.1, 0.15) is 13.8 Å². The van der Waals surface area contributed by atoms with E-state index < -0.39 is 11.2 Å². The molecular formula is C22H24ClN5O4S. The van der Waals surface area contributed by atoms with Gasteiger partial charge < -0.3 is 9.64 Å². The maximum atomic E-state index is 13.0. The van der Waals surface area contributed by atoms with Gasteiger partial charge in [0.25, 0.3) is 5.56 Å². The lowest BCUT2D eigenvalue weighted by Gasteiger charge is -2.35. The second kappa shape index (κ2) is 9.28. The second-order valence-corrected chi connectivity index (χ2v) is 9.51. The van der Waals surface area contributed by atoms with Crippen LogP contribution in [-0.4, -0.2) is 61.0 Å². The molecule has 0 bridgehead atoms. The first-order valence-corrected chi connectivity index (χ1v) is 11.8. The fraction of sp³-hybridized carbons (Fsp3) is 0.409. The molecule has 174 valence electrons. The van der Waals surface area contributed by atoms with Gasteiger partial charge in [0.2, 0.25) is 5.91 Å². The lowest BCUT2D eigenvalue weighted by Crippen LogP contribution is -2.48. The van der Waals surface area contributed by atoms with Gasteiger partial charge in [-0.1, -0.05) is 23.4 Å². The topological polar surface area (TPSA) is 99.3 Å². The van der Waals surface area contributed by atoms with Crippen molar-refractivity contribution in [3.8, 4) is 11.4 Å². The van der Waals surface area contributed by atoms with Crippen molar-refractivity contribution >= 4 is 40.3 Å². The largest absolute Gasteiger partial charge is 0.372 e. The standard InChI is InChI=1S/C22H24ClN5O4S/c1-12-9-28(10-13(2)32-12)16(29)11-33-20-17-19(26(3)22(31)27(4)21(17)30)24-18(25-20)14-5-7-15(23)8-6-14/h5-8,12-13H,9-11H2,1-4H3/t12-,13-/m1/s1. The summed E-state index contributed by atoms with van der Waals surface area (Å²) in [5.74, 6) is 0.367. The molecule has 3 aromatic rings. The summed E-state index contributed by atoms with van der Waals surface area (Å²) in [4.78, 5) is 49.3. The number of halogens is 1. The summed E-state index contributed by atoms with van der Waals surface area (Å²) in [7, 11) is 2.96. The number of hydrogen-bond donors (Lipinski definition) is 0. The van der Waals surface area contributed by atoms with Gasteiger partial charge in [0.15, 0.2) is 11.5 Å². The summed E-state index contributed by atoms with van der Waals surface area (Å²) in [6.07, 6.45) is -0.0817. The number of amides is 1. The number of thioether (sulfide) groups is 1. The summed E-state index contributed by atoms with van der Waals surface area (Å²) in [6.45, 7) is 4.90. The van der Waals surface area contributed by atoms with Crippen LogP contribution in [0.2, 0.25) is 5.02 Å². The van der Waals surface area contributed by atoms with Gasteiger partial charge in [0.05, 0.1) is 18.0 Å². The predicted octanol–water partition coefficient (Wildman–Crippen LogP) is 2.08. The zero-order valence-electron chi connectivity index (χ0n) is 18.7. The van der Waals surface area contributed by atoms with Crippen molar-refractivity contribution in [2.45, 2.75) is 31.1 Å². The Morgan fingerprint density at radius 1 is 1.09 bits per heavy atom. The van der Waals surface area contributed by atoms with Gasteiger partial charge in [-0.05, 0) is 38.1 Å². The quantitative estimate of drug-likeness (QED) is 0.408. The van der Waals surface area contributed by atoms with Crippen molar-refractivity contribution in [3.63, 3.8) is 0 Å². The monoisotopic (exact) mass is 489 g/mol. The third kappa shape index (κ3) is 4.68. The molecular weight excluding hydrogens is 466 g/mol. The number of fused-ring (bicyclic) bond motifs is 1. The molecule has 33 heavy (non-hydrogen) atoms. The van der Waals surface area contributed by atoms with Gasteiger partial charge in [0.1, 0.15) is 10.4 Å². The molecule has 1 saturated heterocycles. The smallest absolute Gasteiger partial charge is 0.332 e. The van der Waals surface area contributed by atoms with Crippen LogP contribution in [0.5, 0.6) is 0 Å². The number of carbonyl (C=O) groups is 1. The molecule has 1 aromatic carbocycles. The first-order chi connectivity index (χ1) is 15.7. The minimum absolute atomic E-state index is 0.0408. The van der Waals surface area contributed by atoms with E-state index in [1.807, 2.05) is 13.8 Å². The summed E-state index contributed by atoms with van der Waals surface area (Å²) in [5, 5.41) is 1.12. The van der Waals surface area contributed by atoms with Crippen LogP contribution in [0.4, 0.5) is 0 Å². The van der Waals surface area contributed by atoms with E-state index in [4.69, 9.17) is 16.3 Å². The number of hydrogen-bond acceptors (Lipinski definition) is 7. The zero-order chi connectivity index (χ0) is 23.9. The number of carbonyl (C=O) groups excluding carboxylic acids is 1. The number of nitrogens with zero attached hydrogens (tertiary/aromatic N) is 5. The van der Waals surface area contributed by atoms with Crippen LogP contribution in [0.3, 0.4) is 0 Å². The highest BCUT2D eigenvalue weighted by Crippen LogP contribution is 2.27. The Morgan fingerprint density at radius 2 is 1.73 bits per heavy atom. The van der Waals surface area contributed by atoms with Gasteiger partial charge in [-0.2, -0.15) is 0 Å². The average molecular weight is 490 g/mol. The van der Waals surface area contributed by atoms with Gasteiger partial charge >= 0.3 is 5.69 Å². The minimum Gasteiger partial charge on any atom is -0.372 e. The number of aryl methyl sites for hydroxylation is 1. The van der Waals surface area contributed by atoms with Crippen molar-refractivity contribution in [2.75, 3.05) is 18.8 Å². The van der Waals surface area contributed by atoms with E-state index in [1.54, 1.807) is 36.2 Å². The van der Waals surface area contributed by atoms with Crippen LogP contribution in [0.15, 0.2) is 38.9 Å². The molecule has 0 unspecified atom stereocenters. The molecule has 1 aliphatic heterocycles. The van der Waals surface area contributed by atoms with Gasteiger partial charge in [-0.3, -0.25) is 18.7 Å². The SMILES string of the molecule is C[C@@H]1CN(C(=O)CSc2nc(-c3ccc(Cl)cc3)nc3c2c(=O)n(C)c(=O)n3C)C[C@@H](C)O1. The number of morpholine rings is 1. The molecule has 9 nitrogen and oxygen atoms in total. The van der Waals surface area contributed by atoms with E-state index in [-0.39, 0.29) is 34.9 Å². The molecule has 0 N–H and O–H groups in total. The summed E-state index contributed by atoms with van der Waals surface area (Å²) < 4.78 is 8.04. The van der Waals surface area contributed by atoms with Crippen LogP contribution >= 0.6 is 23.4 Å². The fourth-order valence-electron chi connectivity index (χ4n) is 3.86. The molecule has 0 spiro atoms. The lowest BCUT2D eigenvalue weighted by atomic mass is 10.2. The number of benzene rings is 1. The minimum atomic E-state index is -0.501. The van der Waals surface area contributed by atoms with Crippen molar-refractivity contribution in [1.82, 2.24) is 24.0 Å². The Hall–Kier alpha value is -2.69. The van der Waals surface area contributed by atoms with E-state index in [0.717, 1.165) is 4.57 Å². The first kappa shape index (κ1) is 23.5. The molecule has 1 aliphatic rings. The molecule has 0 saturated carbocycles. The molecule has 11 heteroatoms. The van der Waals surface area contributed by atoms with Crippen molar-refractivity contribution < 1.29 is 9.53 Å². The van der Waals surface area contributed by atoms with Crippen LogP contribution < -0.4 is 11.2 Å². The Morgan fingerprint density at radius 3 is 2.36 bits per heavy atom. The highest BCUT2D eigenvalue weighted by Gasteiger charge is 2.26. The molecule has 0 radical (unpaired) electrons. The van der Waals surface area contributed by atoms with Gasteiger partial charge in [-0.15, -0.1) is 0 Å². The van der Waals surface area contributed by atoms with Crippen molar-refractivity contribution in [2.24, 2.45) is 14.1 Å². The maximum Gasteiger partial charge on any atom is 0.332 e. The van der Waals surface area contributed by atoms with Crippen molar-refractivity contribution in [3.05, 3.63) is 50.1 Å². The average Bonchev–Trinajstić information content (AvgIpc) is 2.79. The molecule has 4 rings (SSSR count). The van der Waals surface area contributed by atoms with E-state index in [2.05, 4.69) is 9.97 Å². The van der Waals surface area contributed by atoms with E-state index in [1.165, 1.54) is 23.4 Å². The predicted molar refractivity (Wildman–Crippen MR) is 128 cm³/mol. The van der Waals surface area contributed by atoms with Crippen LogP contribution in [-0.2, 0) is 23.6 Å². The molecule has 0 aliphatic carbocycles. The third-order valence-corrected chi connectivity index (χ3v) is 6.69. The molecule has 3 heterocycles. The second-order valence-electron chi connectivity index (χ2n) is 8.11. The highest BCUT2D eigenvalue weighted by molar-refractivity contribution is 8.00. The number of aromatic nitrogens is 4. The fourth-order valence-corrected chi connectivity index (χ4v) is 4.91. The Bertz CT molecular complexity index is 1330. The highest BCUT2D eigenvalue weighted by atomic mass is 35.5. The Balaban J connectivity index is 1.77.